The third kappa shape index (κ3) is 5.28. The molecule has 9 nitrogen and oxygen atoms in total. The average Bonchev–Trinajstić information content (AvgIpc) is 2.62. The van der Waals surface area contributed by atoms with Crippen LogP contribution in [0.2, 0.25) is 0 Å². The number of nitro groups is 1. The average molecular weight is 412 g/mol. The van der Waals surface area contributed by atoms with E-state index in [4.69, 9.17) is 4.74 Å². The van der Waals surface area contributed by atoms with Crippen molar-refractivity contribution in [3.8, 4) is 0 Å². The van der Waals surface area contributed by atoms with Gasteiger partial charge in [-0.2, -0.15) is 0 Å². The summed E-state index contributed by atoms with van der Waals surface area (Å²) in [6, 6.07) is 2.95. The van der Waals surface area contributed by atoms with Gasteiger partial charge in [0, 0.05) is 18.4 Å². The van der Waals surface area contributed by atoms with Gasteiger partial charge in [-0.05, 0) is 30.4 Å². The Kier molecular flexibility index (Phi) is 6.76. The Balaban J connectivity index is 2.02. The Morgan fingerprint density at radius 2 is 1.96 bits per heavy atom. The molecule has 0 aliphatic heterocycles. The fourth-order valence-corrected chi connectivity index (χ4v) is 4.18. The quantitative estimate of drug-likeness (QED) is 0.430. The van der Waals surface area contributed by atoms with Crippen LogP contribution >= 0.6 is 0 Å². The van der Waals surface area contributed by atoms with Crippen molar-refractivity contribution in [2.24, 2.45) is 11.8 Å². The van der Waals surface area contributed by atoms with Crippen LogP contribution < -0.4 is 5.32 Å². The number of nitrogens with zero attached hydrogens (tertiary/aromatic N) is 1. The normalized spacial score (nSPS) is 22.3. The second kappa shape index (κ2) is 8.68. The monoisotopic (exact) mass is 412 g/mol. The van der Waals surface area contributed by atoms with E-state index in [0.717, 1.165) is 43.7 Å². The number of esters is 1. The first kappa shape index (κ1) is 21.8. The molecule has 28 heavy (non-hydrogen) atoms. The van der Waals surface area contributed by atoms with E-state index in [9.17, 15) is 28.1 Å². The van der Waals surface area contributed by atoms with Crippen LogP contribution in [0.5, 0.6) is 0 Å². The SMILES string of the molecule is C[C@H]1[C@@H](C)CCC[C@H]1NC(=O)COC(=O)c1ccc(S(C)(=O)=O)c([N+](=O)[O-])c1. The molecule has 10 heteroatoms. The van der Waals surface area contributed by atoms with Crippen molar-refractivity contribution in [2.45, 2.75) is 44.0 Å². The molecule has 1 aromatic rings. The van der Waals surface area contributed by atoms with E-state index in [1.54, 1.807) is 0 Å². The molecule has 0 saturated heterocycles. The van der Waals surface area contributed by atoms with Gasteiger partial charge in [-0.25, -0.2) is 13.2 Å². The zero-order valence-electron chi connectivity index (χ0n) is 16.0. The number of ether oxygens (including phenoxy) is 1. The van der Waals surface area contributed by atoms with Crippen LogP contribution in [-0.2, 0) is 19.4 Å². The molecule has 1 amide bonds. The smallest absolute Gasteiger partial charge is 0.338 e. The number of carbonyl (C=O) groups excluding carboxylic acids is 2. The van der Waals surface area contributed by atoms with Gasteiger partial charge in [0.15, 0.2) is 16.4 Å². The fraction of sp³-hybridized carbons (Fsp3) is 0.556. The molecule has 0 bridgehead atoms. The van der Waals surface area contributed by atoms with Crippen LogP contribution in [-0.4, -0.2) is 44.1 Å². The van der Waals surface area contributed by atoms with Gasteiger partial charge in [-0.1, -0.05) is 26.7 Å². The number of sulfone groups is 1. The standard InChI is InChI=1S/C18H24N2O7S/c1-11-5-4-6-14(12(11)2)19-17(21)10-27-18(22)13-7-8-16(28(3,25)26)15(9-13)20(23)24/h7-9,11-12,14H,4-6,10H2,1-3H3,(H,19,21)/t11-,12-,14+/m0/s1. The first-order valence-electron chi connectivity index (χ1n) is 8.95. The lowest BCUT2D eigenvalue weighted by Crippen LogP contribution is -2.45. The van der Waals surface area contributed by atoms with Crippen molar-refractivity contribution in [2.75, 3.05) is 12.9 Å². The number of benzene rings is 1. The van der Waals surface area contributed by atoms with Crippen molar-refractivity contribution in [3.05, 3.63) is 33.9 Å². The van der Waals surface area contributed by atoms with Crippen molar-refractivity contribution < 1.29 is 27.7 Å². The zero-order chi connectivity index (χ0) is 21.1. The summed E-state index contributed by atoms with van der Waals surface area (Å²) in [6.07, 6.45) is 3.84. The van der Waals surface area contributed by atoms with E-state index in [1.165, 1.54) is 0 Å². The van der Waals surface area contributed by atoms with Crippen LogP contribution in [0.3, 0.4) is 0 Å². The fourth-order valence-electron chi connectivity index (χ4n) is 3.35. The predicted octanol–water partition coefficient (Wildman–Crippen LogP) is 2.10. The van der Waals surface area contributed by atoms with Crippen LogP contribution in [0.15, 0.2) is 23.1 Å². The maximum absolute atomic E-state index is 12.1. The van der Waals surface area contributed by atoms with Gasteiger partial charge in [0.25, 0.3) is 11.6 Å². The van der Waals surface area contributed by atoms with E-state index in [-0.39, 0.29) is 11.6 Å². The van der Waals surface area contributed by atoms with E-state index < -0.39 is 43.8 Å². The highest BCUT2D eigenvalue weighted by molar-refractivity contribution is 7.90. The van der Waals surface area contributed by atoms with Crippen molar-refractivity contribution in [3.63, 3.8) is 0 Å². The molecule has 1 aliphatic rings. The Bertz CT molecular complexity index is 882. The Hall–Kier alpha value is -2.49. The first-order valence-corrected chi connectivity index (χ1v) is 10.8. The van der Waals surface area contributed by atoms with Gasteiger partial charge >= 0.3 is 5.97 Å². The van der Waals surface area contributed by atoms with E-state index in [2.05, 4.69) is 19.2 Å². The summed E-state index contributed by atoms with van der Waals surface area (Å²) >= 11 is 0. The third-order valence-corrected chi connectivity index (χ3v) is 6.32. The second-order valence-corrected chi connectivity index (χ2v) is 9.21. The van der Waals surface area contributed by atoms with Gasteiger partial charge in [-0.3, -0.25) is 14.9 Å². The number of hydrogen-bond donors (Lipinski definition) is 1. The minimum Gasteiger partial charge on any atom is -0.452 e. The molecule has 0 heterocycles. The number of rotatable bonds is 6. The van der Waals surface area contributed by atoms with E-state index >= 15 is 0 Å². The summed E-state index contributed by atoms with van der Waals surface area (Å²) in [4.78, 5) is 33.9. The second-order valence-electron chi connectivity index (χ2n) is 7.23. The number of hydrogen-bond acceptors (Lipinski definition) is 7. The van der Waals surface area contributed by atoms with E-state index in [1.807, 2.05) is 0 Å². The van der Waals surface area contributed by atoms with Gasteiger partial charge in [-0.15, -0.1) is 0 Å². The molecular weight excluding hydrogens is 388 g/mol. The molecule has 1 saturated carbocycles. The minimum absolute atomic E-state index is 0.0186. The highest BCUT2D eigenvalue weighted by Gasteiger charge is 2.29. The third-order valence-electron chi connectivity index (χ3n) is 5.18. The summed E-state index contributed by atoms with van der Waals surface area (Å²) in [7, 11) is -3.83. The number of amides is 1. The maximum Gasteiger partial charge on any atom is 0.338 e. The van der Waals surface area contributed by atoms with Crippen LogP contribution in [0.25, 0.3) is 0 Å². The molecule has 2 rings (SSSR count). The lowest BCUT2D eigenvalue weighted by Gasteiger charge is -2.34. The lowest BCUT2D eigenvalue weighted by molar-refractivity contribution is -0.387. The number of nitrogens with one attached hydrogen (secondary N) is 1. The van der Waals surface area contributed by atoms with Gasteiger partial charge in [0.1, 0.15) is 4.90 Å². The summed E-state index contributed by atoms with van der Waals surface area (Å²) in [6.45, 7) is 3.69. The largest absolute Gasteiger partial charge is 0.452 e. The predicted molar refractivity (Wildman–Crippen MR) is 101 cm³/mol. The maximum atomic E-state index is 12.1. The van der Waals surface area contributed by atoms with Crippen molar-refractivity contribution in [1.82, 2.24) is 5.32 Å². The Labute approximate surface area is 163 Å². The summed E-state index contributed by atoms with van der Waals surface area (Å²) < 4.78 is 28.2. The number of carbonyl (C=O) groups is 2. The van der Waals surface area contributed by atoms with Gasteiger partial charge in [0.05, 0.1) is 10.5 Å². The van der Waals surface area contributed by atoms with Crippen molar-refractivity contribution in [1.29, 1.82) is 0 Å². The molecule has 1 N–H and O–H groups in total. The van der Waals surface area contributed by atoms with Crippen molar-refractivity contribution >= 4 is 27.4 Å². The van der Waals surface area contributed by atoms with Gasteiger partial charge < -0.3 is 10.1 Å². The molecule has 0 unspecified atom stereocenters. The summed E-state index contributed by atoms with van der Waals surface area (Å²) in [5.41, 5.74) is -0.919. The lowest BCUT2D eigenvalue weighted by atomic mass is 9.78. The zero-order valence-corrected chi connectivity index (χ0v) is 16.8. The molecular formula is C18H24N2O7S. The molecule has 1 aromatic carbocycles. The molecule has 0 aromatic heterocycles. The van der Waals surface area contributed by atoms with E-state index in [0.29, 0.717) is 11.8 Å². The topological polar surface area (TPSA) is 133 Å². The highest BCUT2D eigenvalue weighted by atomic mass is 32.2. The Morgan fingerprint density at radius 1 is 1.29 bits per heavy atom. The molecule has 1 aliphatic carbocycles. The summed E-state index contributed by atoms with van der Waals surface area (Å²) in [5, 5.41) is 14.0. The molecule has 0 radical (unpaired) electrons. The molecule has 3 atom stereocenters. The van der Waals surface area contributed by atoms with Gasteiger partial charge in [0.2, 0.25) is 0 Å². The highest BCUT2D eigenvalue weighted by Crippen LogP contribution is 2.29. The first-order chi connectivity index (χ1) is 13.0. The molecule has 0 spiro atoms. The summed E-state index contributed by atoms with van der Waals surface area (Å²) in [5.74, 6) is -0.569. The van der Waals surface area contributed by atoms with Crippen LogP contribution in [0, 0.1) is 22.0 Å². The molecule has 154 valence electrons. The Morgan fingerprint density at radius 3 is 2.57 bits per heavy atom. The number of nitro benzene ring substituents is 1. The van der Waals surface area contributed by atoms with Crippen LogP contribution in [0.4, 0.5) is 5.69 Å². The minimum atomic E-state index is -3.83. The molecule has 1 fully saturated rings. The van der Waals surface area contributed by atoms with Crippen LogP contribution in [0.1, 0.15) is 43.5 Å².